The number of aryl methyl sites for hydroxylation is 1. The fourth-order valence-electron chi connectivity index (χ4n) is 2.84. The SMILES string of the molecule is CCCNC(CSCCC)C1CCc2cccnc21. The second kappa shape index (κ2) is 7.91. The Kier molecular flexibility index (Phi) is 6.18. The lowest BCUT2D eigenvalue weighted by Crippen LogP contribution is -2.37. The predicted octanol–water partition coefficient (Wildman–Crippen LogP) is 3.62. The molecule has 2 unspecified atom stereocenters. The highest BCUT2D eigenvalue weighted by Gasteiger charge is 2.30. The normalized spacial score (nSPS) is 19.4. The Morgan fingerprint density at radius 1 is 1.42 bits per heavy atom. The van der Waals surface area contributed by atoms with Gasteiger partial charge in [-0.05, 0) is 49.6 Å². The maximum absolute atomic E-state index is 4.65. The molecule has 1 N–H and O–H groups in total. The van der Waals surface area contributed by atoms with Gasteiger partial charge >= 0.3 is 0 Å². The third-order valence-electron chi connectivity index (χ3n) is 3.79. The second-order valence-corrected chi connectivity index (χ2v) is 6.48. The third-order valence-corrected chi connectivity index (χ3v) is 5.08. The van der Waals surface area contributed by atoms with Crippen LogP contribution in [-0.2, 0) is 6.42 Å². The van der Waals surface area contributed by atoms with Gasteiger partial charge in [-0.2, -0.15) is 11.8 Å². The fraction of sp³-hybridized carbons (Fsp3) is 0.688. The van der Waals surface area contributed by atoms with Gasteiger partial charge in [0.05, 0.1) is 0 Å². The minimum absolute atomic E-state index is 0.590. The zero-order valence-electron chi connectivity index (χ0n) is 12.2. The molecule has 1 aliphatic carbocycles. The summed E-state index contributed by atoms with van der Waals surface area (Å²) in [5.41, 5.74) is 2.82. The monoisotopic (exact) mass is 278 g/mol. The first-order valence-electron chi connectivity index (χ1n) is 7.61. The standard InChI is InChI=1S/C16H26N2S/c1-3-9-17-15(12-19-11-4-2)14-8-7-13-6-5-10-18-16(13)14/h5-6,10,14-15,17H,3-4,7-9,11-12H2,1-2H3. The molecule has 0 fully saturated rings. The van der Waals surface area contributed by atoms with Crippen molar-refractivity contribution >= 4 is 11.8 Å². The molecule has 106 valence electrons. The van der Waals surface area contributed by atoms with E-state index in [1.807, 2.05) is 6.20 Å². The molecular weight excluding hydrogens is 252 g/mol. The molecule has 0 radical (unpaired) electrons. The summed E-state index contributed by atoms with van der Waals surface area (Å²) >= 11 is 2.08. The number of hydrogen-bond acceptors (Lipinski definition) is 3. The molecule has 2 rings (SSSR count). The van der Waals surface area contributed by atoms with Gasteiger partial charge in [-0.3, -0.25) is 4.98 Å². The van der Waals surface area contributed by atoms with Gasteiger partial charge < -0.3 is 5.32 Å². The van der Waals surface area contributed by atoms with E-state index in [1.165, 1.54) is 48.4 Å². The highest BCUT2D eigenvalue weighted by Crippen LogP contribution is 2.34. The zero-order chi connectivity index (χ0) is 13.5. The fourth-order valence-corrected chi connectivity index (χ4v) is 3.90. The summed E-state index contributed by atoms with van der Waals surface area (Å²) < 4.78 is 0. The molecule has 0 amide bonds. The van der Waals surface area contributed by atoms with Gasteiger partial charge in [0.25, 0.3) is 0 Å². The van der Waals surface area contributed by atoms with E-state index in [2.05, 4.69) is 48.0 Å². The Hall–Kier alpha value is -0.540. The highest BCUT2D eigenvalue weighted by atomic mass is 32.2. The van der Waals surface area contributed by atoms with Crippen molar-refractivity contribution in [2.45, 2.75) is 51.5 Å². The lowest BCUT2D eigenvalue weighted by atomic mass is 9.98. The van der Waals surface area contributed by atoms with Gasteiger partial charge in [-0.15, -0.1) is 0 Å². The summed E-state index contributed by atoms with van der Waals surface area (Å²) in [6.45, 7) is 5.62. The van der Waals surface area contributed by atoms with Crippen molar-refractivity contribution in [1.82, 2.24) is 10.3 Å². The van der Waals surface area contributed by atoms with Crippen LogP contribution in [0.1, 0.15) is 50.3 Å². The molecule has 0 spiro atoms. The Morgan fingerprint density at radius 3 is 3.11 bits per heavy atom. The number of hydrogen-bond donors (Lipinski definition) is 1. The number of fused-ring (bicyclic) bond motifs is 1. The van der Waals surface area contributed by atoms with Gasteiger partial charge in [0.2, 0.25) is 0 Å². The number of aromatic nitrogens is 1. The van der Waals surface area contributed by atoms with Gasteiger partial charge in [-0.1, -0.05) is 19.9 Å². The number of thioether (sulfide) groups is 1. The molecule has 0 aliphatic heterocycles. The maximum Gasteiger partial charge on any atom is 0.0482 e. The molecule has 2 nitrogen and oxygen atoms in total. The van der Waals surface area contributed by atoms with Crippen molar-refractivity contribution in [1.29, 1.82) is 0 Å². The maximum atomic E-state index is 4.65. The number of nitrogens with zero attached hydrogens (tertiary/aromatic N) is 1. The number of rotatable bonds is 8. The lowest BCUT2D eigenvalue weighted by molar-refractivity contribution is 0.457. The van der Waals surface area contributed by atoms with Crippen LogP contribution >= 0.6 is 11.8 Å². The first-order valence-corrected chi connectivity index (χ1v) is 8.77. The molecule has 1 aromatic heterocycles. The van der Waals surface area contributed by atoms with E-state index in [-0.39, 0.29) is 0 Å². The first kappa shape index (κ1) is 14.9. The van der Waals surface area contributed by atoms with Crippen LogP contribution in [0.4, 0.5) is 0 Å². The Morgan fingerprint density at radius 2 is 2.32 bits per heavy atom. The molecule has 0 bridgehead atoms. The van der Waals surface area contributed by atoms with Crippen LogP contribution in [0.25, 0.3) is 0 Å². The number of pyridine rings is 1. The minimum Gasteiger partial charge on any atom is -0.312 e. The van der Waals surface area contributed by atoms with E-state index in [4.69, 9.17) is 0 Å². The third kappa shape index (κ3) is 3.96. The molecule has 0 aromatic carbocycles. The van der Waals surface area contributed by atoms with Crippen LogP contribution in [0, 0.1) is 0 Å². The smallest absolute Gasteiger partial charge is 0.0482 e. The summed E-state index contributed by atoms with van der Waals surface area (Å²) in [5, 5.41) is 3.75. The quantitative estimate of drug-likeness (QED) is 0.735. The zero-order valence-corrected chi connectivity index (χ0v) is 13.0. The molecule has 1 aromatic rings. The molecule has 2 atom stereocenters. The summed E-state index contributed by atoms with van der Waals surface area (Å²) in [7, 11) is 0. The van der Waals surface area contributed by atoms with E-state index >= 15 is 0 Å². The van der Waals surface area contributed by atoms with Crippen LogP contribution in [0.5, 0.6) is 0 Å². The van der Waals surface area contributed by atoms with Crippen molar-refractivity contribution in [2.24, 2.45) is 0 Å². The van der Waals surface area contributed by atoms with E-state index in [0.717, 1.165) is 6.54 Å². The van der Waals surface area contributed by atoms with Crippen molar-refractivity contribution in [3.63, 3.8) is 0 Å². The van der Waals surface area contributed by atoms with Gasteiger partial charge in [0.15, 0.2) is 0 Å². The lowest BCUT2D eigenvalue weighted by Gasteiger charge is -2.24. The summed E-state index contributed by atoms with van der Waals surface area (Å²) in [5.74, 6) is 3.10. The average Bonchev–Trinajstić information content (AvgIpc) is 2.87. The van der Waals surface area contributed by atoms with Crippen LogP contribution in [0.15, 0.2) is 18.3 Å². The molecule has 19 heavy (non-hydrogen) atoms. The van der Waals surface area contributed by atoms with Gasteiger partial charge in [-0.25, -0.2) is 0 Å². The van der Waals surface area contributed by atoms with Crippen LogP contribution in [-0.4, -0.2) is 29.1 Å². The Bertz CT molecular complexity index is 381. The highest BCUT2D eigenvalue weighted by molar-refractivity contribution is 7.99. The van der Waals surface area contributed by atoms with Crippen molar-refractivity contribution < 1.29 is 0 Å². The predicted molar refractivity (Wildman–Crippen MR) is 85.0 cm³/mol. The molecule has 1 heterocycles. The van der Waals surface area contributed by atoms with E-state index in [9.17, 15) is 0 Å². The number of nitrogens with one attached hydrogen (secondary N) is 1. The van der Waals surface area contributed by atoms with Gasteiger partial charge in [0.1, 0.15) is 0 Å². The molecular formula is C16H26N2S. The largest absolute Gasteiger partial charge is 0.312 e. The summed E-state index contributed by atoms with van der Waals surface area (Å²) in [4.78, 5) is 4.65. The van der Waals surface area contributed by atoms with Gasteiger partial charge in [0, 0.05) is 29.6 Å². The second-order valence-electron chi connectivity index (χ2n) is 5.33. The van der Waals surface area contributed by atoms with E-state index < -0.39 is 0 Å². The first-order chi connectivity index (χ1) is 9.36. The Balaban J connectivity index is 2.01. The van der Waals surface area contributed by atoms with Crippen molar-refractivity contribution in [2.75, 3.05) is 18.1 Å². The van der Waals surface area contributed by atoms with Crippen molar-refractivity contribution in [3.05, 3.63) is 29.6 Å². The van der Waals surface area contributed by atoms with Crippen LogP contribution < -0.4 is 5.32 Å². The van der Waals surface area contributed by atoms with E-state index in [1.54, 1.807) is 0 Å². The molecule has 0 saturated carbocycles. The Labute approximate surface area is 121 Å². The summed E-state index contributed by atoms with van der Waals surface area (Å²) in [6, 6.07) is 4.91. The molecule has 3 heteroatoms. The minimum atomic E-state index is 0.590. The van der Waals surface area contributed by atoms with Crippen molar-refractivity contribution in [3.8, 4) is 0 Å². The van der Waals surface area contributed by atoms with Crippen LogP contribution in [0.2, 0.25) is 0 Å². The topological polar surface area (TPSA) is 24.9 Å². The van der Waals surface area contributed by atoms with E-state index in [0.29, 0.717) is 12.0 Å². The van der Waals surface area contributed by atoms with Crippen LogP contribution in [0.3, 0.4) is 0 Å². The molecule has 0 saturated heterocycles. The summed E-state index contributed by atoms with van der Waals surface area (Å²) in [6.07, 6.45) is 6.89. The average molecular weight is 278 g/mol. The molecule has 1 aliphatic rings.